The van der Waals surface area contributed by atoms with Crippen LogP contribution in [0.3, 0.4) is 0 Å². The van der Waals surface area contributed by atoms with Gasteiger partial charge in [0.15, 0.2) is 0 Å². The Labute approximate surface area is 109 Å². The van der Waals surface area contributed by atoms with Crippen molar-refractivity contribution >= 4 is 17.6 Å². The molecule has 0 saturated heterocycles. The lowest BCUT2D eigenvalue weighted by Crippen LogP contribution is -2.11. The standard InChI is InChI=1S/C14H13NO4/c1-9-5-11(8-19-9)14(18)15-12-4-2-3-10(6-12)7-13(16)17/h2-6,8H,7H2,1H3,(H,15,18)(H,16,17). The van der Waals surface area contributed by atoms with E-state index in [0.29, 0.717) is 22.6 Å². The van der Waals surface area contributed by atoms with Crippen molar-refractivity contribution in [2.45, 2.75) is 13.3 Å². The third-order valence-electron chi connectivity index (χ3n) is 2.53. The Kier molecular flexibility index (Phi) is 3.66. The molecule has 5 nitrogen and oxygen atoms in total. The van der Waals surface area contributed by atoms with Crippen LogP contribution in [-0.2, 0) is 11.2 Å². The Morgan fingerprint density at radius 3 is 2.74 bits per heavy atom. The first-order valence-corrected chi connectivity index (χ1v) is 5.72. The van der Waals surface area contributed by atoms with Gasteiger partial charge in [0.25, 0.3) is 5.91 Å². The third kappa shape index (κ3) is 3.45. The predicted octanol–water partition coefficient (Wildman–Crippen LogP) is 2.47. The molecule has 0 atom stereocenters. The molecule has 0 unspecified atom stereocenters. The van der Waals surface area contributed by atoms with Crippen LogP contribution in [0.5, 0.6) is 0 Å². The lowest BCUT2D eigenvalue weighted by atomic mass is 10.1. The number of aliphatic carboxylic acids is 1. The van der Waals surface area contributed by atoms with Crippen molar-refractivity contribution in [3.8, 4) is 0 Å². The van der Waals surface area contributed by atoms with Gasteiger partial charge in [0.1, 0.15) is 12.0 Å². The van der Waals surface area contributed by atoms with Gasteiger partial charge in [0.2, 0.25) is 0 Å². The fraction of sp³-hybridized carbons (Fsp3) is 0.143. The number of carboxylic acid groups (broad SMARTS) is 1. The SMILES string of the molecule is Cc1cc(C(=O)Nc2cccc(CC(=O)O)c2)co1. The minimum absolute atomic E-state index is 0.0749. The molecule has 19 heavy (non-hydrogen) atoms. The van der Waals surface area contributed by atoms with Gasteiger partial charge in [-0.05, 0) is 30.7 Å². The molecule has 0 fully saturated rings. The van der Waals surface area contributed by atoms with Crippen LogP contribution in [0, 0.1) is 6.92 Å². The van der Waals surface area contributed by atoms with Gasteiger partial charge in [-0.2, -0.15) is 0 Å². The summed E-state index contributed by atoms with van der Waals surface area (Å²) in [7, 11) is 0. The summed E-state index contributed by atoms with van der Waals surface area (Å²) in [5.74, 6) is -0.539. The van der Waals surface area contributed by atoms with E-state index in [2.05, 4.69) is 5.32 Å². The van der Waals surface area contributed by atoms with Crippen LogP contribution >= 0.6 is 0 Å². The second-order valence-electron chi connectivity index (χ2n) is 4.17. The van der Waals surface area contributed by atoms with Crippen molar-refractivity contribution in [3.05, 3.63) is 53.5 Å². The molecule has 1 aromatic carbocycles. The summed E-state index contributed by atoms with van der Waals surface area (Å²) >= 11 is 0. The molecular weight excluding hydrogens is 246 g/mol. The van der Waals surface area contributed by atoms with Crippen molar-refractivity contribution in [2.24, 2.45) is 0 Å². The van der Waals surface area contributed by atoms with Crippen LogP contribution in [-0.4, -0.2) is 17.0 Å². The summed E-state index contributed by atoms with van der Waals surface area (Å²) in [4.78, 5) is 22.5. The molecule has 0 radical (unpaired) electrons. The summed E-state index contributed by atoms with van der Waals surface area (Å²) < 4.78 is 5.06. The highest BCUT2D eigenvalue weighted by atomic mass is 16.4. The monoisotopic (exact) mass is 259 g/mol. The number of benzene rings is 1. The largest absolute Gasteiger partial charge is 0.481 e. The van der Waals surface area contributed by atoms with E-state index < -0.39 is 5.97 Å². The van der Waals surface area contributed by atoms with E-state index in [4.69, 9.17) is 9.52 Å². The van der Waals surface area contributed by atoms with E-state index in [1.807, 2.05) is 0 Å². The van der Waals surface area contributed by atoms with E-state index in [-0.39, 0.29) is 12.3 Å². The Bertz CT molecular complexity index is 615. The molecule has 1 amide bonds. The number of hydrogen-bond acceptors (Lipinski definition) is 3. The van der Waals surface area contributed by atoms with Crippen LogP contribution in [0.4, 0.5) is 5.69 Å². The number of furan rings is 1. The maximum absolute atomic E-state index is 11.9. The number of carboxylic acids is 1. The average Bonchev–Trinajstić information content (AvgIpc) is 2.75. The van der Waals surface area contributed by atoms with Crippen molar-refractivity contribution in [3.63, 3.8) is 0 Å². The van der Waals surface area contributed by atoms with Crippen LogP contribution in [0.25, 0.3) is 0 Å². The second kappa shape index (κ2) is 5.39. The van der Waals surface area contributed by atoms with E-state index in [1.54, 1.807) is 37.3 Å². The molecule has 0 spiro atoms. The number of hydrogen-bond donors (Lipinski definition) is 2. The first-order valence-electron chi connectivity index (χ1n) is 5.72. The van der Waals surface area contributed by atoms with Crippen LogP contribution in [0.15, 0.2) is 41.0 Å². The van der Waals surface area contributed by atoms with Gasteiger partial charge < -0.3 is 14.8 Å². The number of carbonyl (C=O) groups is 2. The number of rotatable bonds is 4. The number of carbonyl (C=O) groups excluding carboxylic acids is 1. The van der Waals surface area contributed by atoms with Crippen LogP contribution in [0.1, 0.15) is 21.7 Å². The van der Waals surface area contributed by atoms with Crippen molar-refractivity contribution in [2.75, 3.05) is 5.32 Å². The summed E-state index contributed by atoms with van der Waals surface area (Å²) in [6.45, 7) is 1.75. The number of nitrogens with one attached hydrogen (secondary N) is 1. The maximum atomic E-state index is 11.9. The highest BCUT2D eigenvalue weighted by Gasteiger charge is 2.09. The zero-order valence-corrected chi connectivity index (χ0v) is 10.3. The van der Waals surface area contributed by atoms with Crippen LogP contribution in [0.2, 0.25) is 0 Å². The zero-order chi connectivity index (χ0) is 13.8. The molecule has 2 aromatic rings. The average molecular weight is 259 g/mol. The zero-order valence-electron chi connectivity index (χ0n) is 10.3. The second-order valence-corrected chi connectivity index (χ2v) is 4.17. The molecule has 2 N–H and O–H groups in total. The topological polar surface area (TPSA) is 79.5 Å². The smallest absolute Gasteiger partial charge is 0.307 e. The van der Waals surface area contributed by atoms with Gasteiger partial charge in [-0.15, -0.1) is 0 Å². The highest BCUT2D eigenvalue weighted by Crippen LogP contribution is 2.14. The Morgan fingerprint density at radius 2 is 2.11 bits per heavy atom. The minimum Gasteiger partial charge on any atom is -0.481 e. The van der Waals surface area contributed by atoms with E-state index >= 15 is 0 Å². The molecule has 5 heteroatoms. The van der Waals surface area contributed by atoms with Gasteiger partial charge in [-0.3, -0.25) is 9.59 Å². The van der Waals surface area contributed by atoms with Gasteiger partial charge >= 0.3 is 5.97 Å². The molecule has 0 aliphatic carbocycles. The van der Waals surface area contributed by atoms with Gasteiger partial charge in [-0.1, -0.05) is 12.1 Å². The van der Waals surface area contributed by atoms with Gasteiger partial charge in [0.05, 0.1) is 12.0 Å². The predicted molar refractivity (Wildman–Crippen MR) is 69.2 cm³/mol. The third-order valence-corrected chi connectivity index (χ3v) is 2.53. The van der Waals surface area contributed by atoms with E-state index in [1.165, 1.54) is 6.26 Å². The Morgan fingerprint density at radius 1 is 1.32 bits per heavy atom. The molecule has 0 saturated carbocycles. The van der Waals surface area contributed by atoms with E-state index in [0.717, 1.165) is 0 Å². The number of anilines is 1. The quantitative estimate of drug-likeness (QED) is 0.883. The van der Waals surface area contributed by atoms with Crippen molar-refractivity contribution in [1.29, 1.82) is 0 Å². The lowest BCUT2D eigenvalue weighted by molar-refractivity contribution is -0.136. The molecular formula is C14H13NO4. The van der Waals surface area contributed by atoms with Crippen molar-refractivity contribution < 1.29 is 19.1 Å². The van der Waals surface area contributed by atoms with Gasteiger partial charge in [0, 0.05) is 5.69 Å². The van der Waals surface area contributed by atoms with E-state index in [9.17, 15) is 9.59 Å². The molecule has 2 rings (SSSR count). The Balaban J connectivity index is 2.10. The molecule has 0 aliphatic rings. The minimum atomic E-state index is -0.908. The summed E-state index contributed by atoms with van der Waals surface area (Å²) in [6, 6.07) is 8.38. The first-order chi connectivity index (χ1) is 9.04. The highest BCUT2D eigenvalue weighted by molar-refractivity contribution is 6.04. The summed E-state index contributed by atoms with van der Waals surface area (Å²) in [6.07, 6.45) is 1.31. The number of amides is 1. The van der Waals surface area contributed by atoms with Crippen LogP contribution < -0.4 is 5.32 Å². The molecule has 98 valence electrons. The molecule has 0 bridgehead atoms. The number of aryl methyl sites for hydroxylation is 1. The molecule has 1 heterocycles. The van der Waals surface area contributed by atoms with Crippen molar-refractivity contribution in [1.82, 2.24) is 0 Å². The fourth-order valence-electron chi connectivity index (χ4n) is 1.70. The normalized spacial score (nSPS) is 10.2. The molecule has 1 aromatic heterocycles. The maximum Gasteiger partial charge on any atom is 0.307 e. The lowest BCUT2D eigenvalue weighted by Gasteiger charge is -2.05. The van der Waals surface area contributed by atoms with Gasteiger partial charge in [-0.25, -0.2) is 0 Å². The summed E-state index contributed by atoms with van der Waals surface area (Å²) in [5.41, 5.74) is 1.62. The fourth-order valence-corrected chi connectivity index (χ4v) is 1.70. The Hall–Kier alpha value is -2.56. The molecule has 0 aliphatic heterocycles. The summed E-state index contributed by atoms with van der Waals surface area (Å²) in [5, 5.41) is 11.4. The first kappa shape index (κ1) is 12.9.